The number of methoxy groups -OCH3 is 1. The highest BCUT2D eigenvalue weighted by Crippen LogP contribution is 2.32. The molecule has 0 bridgehead atoms. The van der Waals surface area contributed by atoms with E-state index >= 15 is 0 Å². The molecule has 0 aromatic heterocycles. The summed E-state index contributed by atoms with van der Waals surface area (Å²) in [6.45, 7) is 3.81. The van der Waals surface area contributed by atoms with E-state index in [1.807, 2.05) is 50.2 Å². The van der Waals surface area contributed by atoms with Gasteiger partial charge in [-0.3, -0.25) is 0 Å². The number of halogens is 1. The molecule has 0 aliphatic rings. The molecule has 2 aromatic rings. The summed E-state index contributed by atoms with van der Waals surface area (Å²) in [5, 5.41) is 11.5. The second-order valence-electron chi connectivity index (χ2n) is 5.22. The minimum atomic E-state index is -0.969. The van der Waals surface area contributed by atoms with Crippen molar-refractivity contribution in [2.24, 2.45) is 0 Å². The van der Waals surface area contributed by atoms with Crippen LogP contribution in [0.3, 0.4) is 0 Å². The van der Waals surface area contributed by atoms with E-state index in [4.69, 9.17) is 16.3 Å². The van der Waals surface area contributed by atoms with Gasteiger partial charge in [0.15, 0.2) is 0 Å². The zero-order valence-electron chi connectivity index (χ0n) is 12.0. The Hall–Kier alpha value is -1.51. The Labute approximate surface area is 125 Å². The number of hydrogen-bond acceptors (Lipinski definition) is 2. The predicted molar refractivity (Wildman–Crippen MR) is 82.5 cm³/mol. The lowest BCUT2D eigenvalue weighted by Crippen LogP contribution is -2.25. The van der Waals surface area contributed by atoms with E-state index in [1.165, 1.54) is 0 Å². The van der Waals surface area contributed by atoms with Crippen molar-refractivity contribution in [3.05, 3.63) is 64.2 Å². The molecule has 0 heterocycles. The van der Waals surface area contributed by atoms with Crippen molar-refractivity contribution in [1.82, 2.24) is 0 Å². The molecule has 0 amide bonds. The molecule has 0 saturated heterocycles. The van der Waals surface area contributed by atoms with E-state index in [2.05, 4.69) is 0 Å². The molecule has 0 aliphatic carbocycles. The van der Waals surface area contributed by atoms with Gasteiger partial charge in [-0.1, -0.05) is 35.9 Å². The molecule has 20 heavy (non-hydrogen) atoms. The number of ether oxygens (including phenoxy) is 1. The zero-order chi connectivity index (χ0) is 14.8. The van der Waals surface area contributed by atoms with Crippen LogP contribution in [0, 0.1) is 6.92 Å². The standard InChI is InChI=1S/C17H19ClO2/c1-12-6-4-5-7-15(12)17(2,19)11-13-10-14(18)8-9-16(13)20-3/h4-10,19H,11H2,1-3H3. The Morgan fingerprint density at radius 2 is 1.90 bits per heavy atom. The van der Waals surface area contributed by atoms with Gasteiger partial charge in [0, 0.05) is 11.4 Å². The van der Waals surface area contributed by atoms with E-state index in [1.54, 1.807) is 13.2 Å². The normalized spacial score (nSPS) is 13.8. The van der Waals surface area contributed by atoms with Crippen LogP contribution in [-0.2, 0) is 12.0 Å². The Morgan fingerprint density at radius 3 is 2.55 bits per heavy atom. The highest BCUT2D eigenvalue weighted by atomic mass is 35.5. The average Bonchev–Trinajstić information content (AvgIpc) is 2.39. The lowest BCUT2D eigenvalue weighted by Gasteiger charge is -2.26. The molecule has 1 N–H and O–H groups in total. The minimum absolute atomic E-state index is 0.446. The maximum absolute atomic E-state index is 10.8. The van der Waals surface area contributed by atoms with Gasteiger partial charge < -0.3 is 9.84 Å². The van der Waals surface area contributed by atoms with Crippen molar-refractivity contribution in [1.29, 1.82) is 0 Å². The summed E-state index contributed by atoms with van der Waals surface area (Å²) in [5.41, 5.74) is 1.91. The Bertz CT molecular complexity index is 606. The van der Waals surface area contributed by atoms with Crippen molar-refractivity contribution >= 4 is 11.6 Å². The van der Waals surface area contributed by atoms with Crippen molar-refractivity contribution in [2.45, 2.75) is 25.9 Å². The predicted octanol–water partition coefficient (Wildman–Crippen LogP) is 4.11. The van der Waals surface area contributed by atoms with Gasteiger partial charge in [0.25, 0.3) is 0 Å². The third kappa shape index (κ3) is 3.14. The van der Waals surface area contributed by atoms with Gasteiger partial charge in [-0.25, -0.2) is 0 Å². The molecule has 1 atom stereocenters. The fourth-order valence-corrected chi connectivity index (χ4v) is 2.72. The minimum Gasteiger partial charge on any atom is -0.496 e. The smallest absolute Gasteiger partial charge is 0.122 e. The molecule has 2 rings (SSSR count). The van der Waals surface area contributed by atoms with Gasteiger partial charge in [0.1, 0.15) is 5.75 Å². The summed E-state index contributed by atoms with van der Waals surface area (Å²) in [6.07, 6.45) is 0.446. The molecule has 0 fully saturated rings. The summed E-state index contributed by atoms with van der Waals surface area (Å²) in [5.74, 6) is 0.739. The molecule has 106 valence electrons. The monoisotopic (exact) mass is 290 g/mol. The fourth-order valence-electron chi connectivity index (χ4n) is 2.53. The summed E-state index contributed by atoms with van der Waals surface area (Å²) >= 11 is 6.04. The number of rotatable bonds is 4. The summed E-state index contributed by atoms with van der Waals surface area (Å²) < 4.78 is 5.34. The summed E-state index contributed by atoms with van der Waals surface area (Å²) in [4.78, 5) is 0. The third-order valence-electron chi connectivity index (χ3n) is 3.50. The fraction of sp³-hybridized carbons (Fsp3) is 0.294. The van der Waals surface area contributed by atoms with Gasteiger partial charge >= 0.3 is 0 Å². The van der Waals surface area contributed by atoms with Crippen LogP contribution >= 0.6 is 11.6 Å². The summed E-state index contributed by atoms with van der Waals surface area (Å²) in [7, 11) is 1.62. The van der Waals surface area contributed by atoms with Crippen molar-refractivity contribution in [2.75, 3.05) is 7.11 Å². The SMILES string of the molecule is COc1ccc(Cl)cc1CC(C)(O)c1ccccc1C. The first-order chi connectivity index (χ1) is 9.44. The lowest BCUT2D eigenvalue weighted by atomic mass is 9.86. The topological polar surface area (TPSA) is 29.5 Å². The quantitative estimate of drug-likeness (QED) is 0.918. The molecular formula is C17H19ClO2. The van der Waals surface area contributed by atoms with E-state index in [0.29, 0.717) is 11.4 Å². The van der Waals surface area contributed by atoms with Crippen LogP contribution < -0.4 is 4.74 Å². The maximum Gasteiger partial charge on any atom is 0.122 e. The average molecular weight is 291 g/mol. The second-order valence-corrected chi connectivity index (χ2v) is 5.66. The Kier molecular flexibility index (Phi) is 4.36. The molecule has 0 spiro atoms. The van der Waals surface area contributed by atoms with E-state index in [-0.39, 0.29) is 0 Å². The lowest BCUT2D eigenvalue weighted by molar-refractivity contribution is 0.0563. The first-order valence-electron chi connectivity index (χ1n) is 6.55. The number of hydrogen-bond donors (Lipinski definition) is 1. The molecule has 1 unspecified atom stereocenters. The zero-order valence-corrected chi connectivity index (χ0v) is 12.7. The van der Waals surface area contributed by atoms with Crippen LogP contribution in [0.4, 0.5) is 0 Å². The van der Waals surface area contributed by atoms with Crippen LogP contribution in [-0.4, -0.2) is 12.2 Å². The molecule has 2 aromatic carbocycles. The molecule has 3 heteroatoms. The second kappa shape index (κ2) is 5.86. The van der Waals surface area contributed by atoms with Crippen LogP contribution in [0.5, 0.6) is 5.75 Å². The van der Waals surface area contributed by atoms with Gasteiger partial charge in [0.2, 0.25) is 0 Å². The van der Waals surface area contributed by atoms with Crippen molar-refractivity contribution in [3.8, 4) is 5.75 Å². The molecule has 0 radical (unpaired) electrons. The van der Waals surface area contributed by atoms with E-state index in [0.717, 1.165) is 22.4 Å². The Morgan fingerprint density at radius 1 is 1.20 bits per heavy atom. The number of aryl methyl sites for hydroxylation is 1. The Balaban J connectivity index is 2.38. The van der Waals surface area contributed by atoms with E-state index < -0.39 is 5.60 Å². The van der Waals surface area contributed by atoms with Gasteiger partial charge in [0.05, 0.1) is 12.7 Å². The highest BCUT2D eigenvalue weighted by molar-refractivity contribution is 6.30. The van der Waals surface area contributed by atoms with Crippen molar-refractivity contribution in [3.63, 3.8) is 0 Å². The first kappa shape index (κ1) is 14.9. The molecule has 2 nitrogen and oxygen atoms in total. The van der Waals surface area contributed by atoms with Crippen LogP contribution in [0.15, 0.2) is 42.5 Å². The van der Waals surface area contributed by atoms with E-state index in [9.17, 15) is 5.11 Å². The number of aliphatic hydroxyl groups is 1. The van der Waals surface area contributed by atoms with Crippen molar-refractivity contribution < 1.29 is 9.84 Å². The third-order valence-corrected chi connectivity index (χ3v) is 3.74. The van der Waals surface area contributed by atoms with Crippen LogP contribution in [0.25, 0.3) is 0 Å². The molecule has 0 aliphatic heterocycles. The summed E-state index contributed by atoms with van der Waals surface area (Å²) in [6, 6.07) is 13.3. The van der Waals surface area contributed by atoms with Gasteiger partial charge in [-0.15, -0.1) is 0 Å². The van der Waals surface area contributed by atoms with Crippen LogP contribution in [0.2, 0.25) is 5.02 Å². The number of benzene rings is 2. The molecular weight excluding hydrogens is 272 g/mol. The molecule has 0 saturated carbocycles. The highest BCUT2D eigenvalue weighted by Gasteiger charge is 2.26. The van der Waals surface area contributed by atoms with Gasteiger partial charge in [-0.05, 0) is 48.7 Å². The van der Waals surface area contributed by atoms with Gasteiger partial charge in [-0.2, -0.15) is 0 Å². The maximum atomic E-state index is 10.8. The van der Waals surface area contributed by atoms with Crippen LogP contribution in [0.1, 0.15) is 23.6 Å². The largest absolute Gasteiger partial charge is 0.496 e. The first-order valence-corrected chi connectivity index (χ1v) is 6.93.